The van der Waals surface area contributed by atoms with Crippen LogP contribution in [0.3, 0.4) is 0 Å². The Kier molecular flexibility index (Phi) is 4.62. The molecule has 2 unspecified atom stereocenters. The quantitative estimate of drug-likeness (QED) is 0.863. The first-order valence-corrected chi connectivity index (χ1v) is 8.25. The summed E-state index contributed by atoms with van der Waals surface area (Å²) in [6.45, 7) is 4.13. The molecule has 1 aromatic carbocycles. The summed E-state index contributed by atoms with van der Waals surface area (Å²) in [5.74, 6) is 0.346. The van der Waals surface area contributed by atoms with Gasteiger partial charge in [0.15, 0.2) is 0 Å². The predicted octanol–water partition coefficient (Wildman–Crippen LogP) is 1.32. The van der Waals surface area contributed by atoms with E-state index in [0.29, 0.717) is 5.82 Å². The maximum absolute atomic E-state index is 12.2. The molecule has 2 aromatic rings. The zero-order valence-electron chi connectivity index (χ0n) is 14.1. The van der Waals surface area contributed by atoms with Crippen LogP contribution < -0.4 is 5.32 Å². The van der Waals surface area contributed by atoms with E-state index in [2.05, 4.69) is 20.7 Å². The Labute approximate surface area is 141 Å². The lowest BCUT2D eigenvalue weighted by molar-refractivity contribution is -0.123. The molecule has 2 N–H and O–H groups in total. The first kappa shape index (κ1) is 16.6. The van der Waals surface area contributed by atoms with Gasteiger partial charge in [-0.05, 0) is 25.0 Å². The molecule has 128 valence electrons. The maximum Gasteiger partial charge on any atom is 0.243 e. The van der Waals surface area contributed by atoms with Gasteiger partial charge in [0.2, 0.25) is 11.7 Å². The molecular formula is C17H23N5O2. The maximum atomic E-state index is 12.2. The number of nitrogens with one attached hydrogen (secondary N) is 1. The van der Waals surface area contributed by atoms with Gasteiger partial charge in [0.1, 0.15) is 6.54 Å². The van der Waals surface area contributed by atoms with Gasteiger partial charge in [-0.2, -0.15) is 4.80 Å². The van der Waals surface area contributed by atoms with E-state index in [1.54, 1.807) is 0 Å². The summed E-state index contributed by atoms with van der Waals surface area (Å²) >= 11 is 0. The Hall–Kier alpha value is -2.28. The molecule has 2 atom stereocenters. The highest BCUT2D eigenvalue weighted by Crippen LogP contribution is 2.37. The molecular weight excluding hydrogens is 306 g/mol. The van der Waals surface area contributed by atoms with Crippen molar-refractivity contribution in [2.75, 3.05) is 6.61 Å². The van der Waals surface area contributed by atoms with Gasteiger partial charge in [0.05, 0.1) is 6.61 Å². The minimum atomic E-state index is -0.238. The fraction of sp³-hybridized carbons (Fsp3) is 0.529. The van der Waals surface area contributed by atoms with Crippen molar-refractivity contribution in [2.24, 2.45) is 5.41 Å². The summed E-state index contributed by atoms with van der Waals surface area (Å²) in [7, 11) is 0. The van der Waals surface area contributed by atoms with Crippen LogP contribution in [-0.4, -0.2) is 43.9 Å². The zero-order chi connectivity index (χ0) is 17.2. The SMILES string of the molecule is Cc1ccc(-c2nnn(CC(=O)NC3CCCC3(C)CO)n2)cc1. The van der Waals surface area contributed by atoms with Gasteiger partial charge in [0, 0.05) is 17.0 Å². The van der Waals surface area contributed by atoms with Crippen molar-refractivity contribution < 1.29 is 9.90 Å². The van der Waals surface area contributed by atoms with Crippen LogP contribution in [0.15, 0.2) is 24.3 Å². The van der Waals surface area contributed by atoms with Crippen LogP contribution in [0.2, 0.25) is 0 Å². The number of benzene rings is 1. The monoisotopic (exact) mass is 329 g/mol. The third kappa shape index (κ3) is 3.46. The number of aryl methyl sites for hydroxylation is 1. The Morgan fingerprint density at radius 1 is 1.42 bits per heavy atom. The fourth-order valence-corrected chi connectivity index (χ4v) is 3.17. The van der Waals surface area contributed by atoms with E-state index in [0.717, 1.165) is 30.4 Å². The number of aromatic nitrogens is 4. The summed E-state index contributed by atoms with van der Waals surface area (Å²) in [5, 5.41) is 24.8. The highest BCUT2D eigenvalue weighted by Gasteiger charge is 2.39. The summed E-state index contributed by atoms with van der Waals surface area (Å²) in [6, 6.07) is 7.83. The van der Waals surface area contributed by atoms with Gasteiger partial charge < -0.3 is 10.4 Å². The Balaban J connectivity index is 1.62. The number of hydrogen-bond donors (Lipinski definition) is 2. The summed E-state index contributed by atoms with van der Waals surface area (Å²) in [6.07, 6.45) is 2.83. The second-order valence-electron chi connectivity index (χ2n) is 6.83. The largest absolute Gasteiger partial charge is 0.396 e. The van der Waals surface area contributed by atoms with Crippen LogP contribution in [0.5, 0.6) is 0 Å². The van der Waals surface area contributed by atoms with E-state index in [9.17, 15) is 9.90 Å². The number of aliphatic hydroxyl groups is 1. The Bertz CT molecular complexity index is 712. The number of aliphatic hydroxyl groups excluding tert-OH is 1. The van der Waals surface area contributed by atoms with E-state index in [1.807, 2.05) is 38.1 Å². The van der Waals surface area contributed by atoms with Crippen molar-refractivity contribution in [1.82, 2.24) is 25.5 Å². The van der Waals surface area contributed by atoms with E-state index in [4.69, 9.17) is 0 Å². The Morgan fingerprint density at radius 3 is 2.88 bits per heavy atom. The first-order chi connectivity index (χ1) is 11.5. The third-order valence-electron chi connectivity index (χ3n) is 4.83. The zero-order valence-corrected chi connectivity index (χ0v) is 14.1. The molecule has 0 saturated heterocycles. The van der Waals surface area contributed by atoms with Crippen LogP contribution in [0, 0.1) is 12.3 Å². The summed E-state index contributed by atoms with van der Waals surface area (Å²) in [5.41, 5.74) is 1.79. The number of rotatable bonds is 5. The molecule has 1 heterocycles. The van der Waals surface area contributed by atoms with Crippen LogP contribution in [0.25, 0.3) is 11.4 Å². The van der Waals surface area contributed by atoms with E-state index < -0.39 is 0 Å². The van der Waals surface area contributed by atoms with Crippen LogP contribution in [0.1, 0.15) is 31.7 Å². The second-order valence-corrected chi connectivity index (χ2v) is 6.83. The molecule has 7 nitrogen and oxygen atoms in total. The topological polar surface area (TPSA) is 92.9 Å². The standard InChI is InChI=1S/C17H23N5O2/c1-12-5-7-13(8-6-12)16-19-21-22(20-16)10-15(24)18-14-4-3-9-17(14,2)11-23/h5-8,14,23H,3-4,9-11H2,1-2H3,(H,18,24). The van der Waals surface area contributed by atoms with Gasteiger partial charge in [-0.15, -0.1) is 10.2 Å². The Morgan fingerprint density at radius 2 is 2.17 bits per heavy atom. The van der Waals surface area contributed by atoms with Crippen LogP contribution in [-0.2, 0) is 11.3 Å². The van der Waals surface area contributed by atoms with Gasteiger partial charge >= 0.3 is 0 Å². The van der Waals surface area contributed by atoms with Crippen molar-refractivity contribution in [1.29, 1.82) is 0 Å². The van der Waals surface area contributed by atoms with Crippen LogP contribution in [0.4, 0.5) is 0 Å². The lowest BCUT2D eigenvalue weighted by Gasteiger charge is -2.29. The number of hydrogen-bond acceptors (Lipinski definition) is 5. The minimum absolute atomic E-state index is 0.00455. The molecule has 0 aliphatic heterocycles. The van der Waals surface area contributed by atoms with Gasteiger partial charge in [-0.1, -0.05) is 43.2 Å². The molecule has 1 aromatic heterocycles. The molecule has 3 rings (SSSR count). The number of amides is 1. The number of tetrazole rings is 1. The van der Waals surface area contributed by atoms with Gasteiger partial charge in [-0.3, -0.25) is 4.79 Å². The molecule has 7 heteroatoms. The lowest BCUT2D eigenvalue weighted by atomic mass is 9.86. The number of nitrogens with zero attached hydrogens (tertiary/aromatic N) is 4. The smallest absolute Gasteiger partial charge is 0.243 e. The highest BCUT2D eigenvalue weighted by atomic mass is 16.3. The summed E-state index contributed by atoms with van der Waals surface area (Å²) in [4.78, 5) is 13.5. The highest BCUT2D eigenvalue weighted by molar-refractivity contribution is 5.76. The van der Waals surface area contributed by atoms with Gasteiger partial charge in [-0.25, -0.2) is 0 Å². The molecule has 1 aliphatic rings. The molecule has 0 radical (unpaired) electrons. The predicted molar refractivity (Wildman–Crippen MR) is 89.0 cm³/mol. The van der Waals surface area contributed by atoms with E-state index in [1.165, 1.54) is 4.80 Å². The van der Waals surface area contributed by atoms with Gasteiger partial charge in [0.25, 0.3) is 0 Å². The number of carbonyl (C=O) groups is 1. The van der Waals surface area contributed by atoms with Crippen molar-refractivity contribution in [3.05, 3.63) is 29.8 Å². The lowest BCUT2D eigenvalue weighted by Crippen LogP contribution is -2.46. The molecule has 1 saturated carbocycles. The molecule has 24 heavy (non-hydrogen) atoms. The number of carbonyl (C=O) groups excluding carboxylic acids is 1. The third-order valence-corrected chi connectivity index (χ3v) is 4.83. The minimum Gasteiger partial charge on any atom is -0.396 e. The van der Waals surface area contributed by atoms with E-state index in [-0.39, 0.29) is 30.5 Å². The van der Waals surface area contributed by atoms with Crippen molar-refractivity contribution in [2.45, 2.75) is 45.7 Å². The van der Waals surface area contributed by atoms with Crippen molar-refractivity contribution >= 4 is 5.91 Å². The molecule has 1 amide bonds. The molecule has 1 fully saturated rings. The fourth-order valence-electron chi connectivity index (χ4n) is 3.17. The summed E-state index contributed by atoms with van der Waals surface area (Å²) < 4.78 is 0. The van der Waals surface area contributed by atoms with Crippen molar-refractivity contribution in [3.63, 3.8) is 0 Å². The second kappa shape index (κ2) is 6.68. The first-order valence-electron chi connectivity index (χ1n) is 8.25. The average molecular weight is 329 g/mol. The molecule has 0 spiro atoms. The van der Waals surface area contributed by atoms with Crippen molar-refractivity contribution in [3.8, 4) is 11.4 Å². The molecule has 1 aliphatic carbocycles. The normalized spacial score (nSPS) is 23.4. The van der Waals surface area contributed by atoms with E-state index >= 15 is 0 Å². The molecule has 0 bridgehead atoms. The average Bonchev–Trinajstić information content (AvgIpc) is 3.16. The van der Waals surface area contributed by atoms with Crippen LogP contribution >= 0.6 is 0 Å².